The highest BCUT2D eigenvalue weighted by Crippen LogP contribution is 2.16. The number of carboxylic acids is 2. The van der Waals surface area contributed by atoms with Crippen molar-refractivity contribution < 1.29 is 29.3 Å². The van der Waals surface area contributed by atoms with Crippen LogP contribution >= 0.6 is 0 Å². The molecule has 0 saturated carbocycles. The van der Waals surface area contributed by atoms with Gasteiger partial charge in [-0.15, -0.1) is 0 Å². The minimum atomic E-state index is -1.82. The first-order chi connectivity index (χ1) is 11.8. The highest BCUT2D eigenvalue weighted by Gasteiger charge is 2.23. The molecule has 2 N–H and O–H groups in total. The predicted octanol–water partition coefficient (Wildman–Crippen LogP) is 1.02. The Hall–Kier alpha value is -2.61. The van der Waals surface area contributed by atoms with Crippen LogP contribution in [0.5, 0.6) is 5.75 Å². The largest absolute Gasteiger partial charge is 0.497 e. The van der Waals surface area contributed by atoms with E-state index in [-0.39, 0.29) is 5.91 Å². The number of ether oxygens (including phenoxy) is 1. The van der Waals surface area contributed by atoms with E-state index in [4.69, 9.17) is 24.5 Å². The van der Waals surface area contributed by atoms with Crippen molar-refractivity contribution in [1.82, 2.24) is 9.80 Å². The van der Waals surface area contributed by atoms with E-state index in [1.165, 1.54) is 0 Å². The molecule has 25 heavy (non-hydrogen) atoms. The van der Waals surface area contributed by atoms with Crippen molar-refractivity contribution in [2.45, 2.75) is 19.9 Å². The summed E-state index contributed by atoms with van der Waals surface area (Å²) in [6, 6.07) is 7.91. The number of carbonyl (C=O) groups is 3. The molecule has 138 valence electrons. The molecule has 0 bridgehead atoms. The lowest BCUT2D eigenvalue weighted by molar-refractivity contribution is -0.159. The van der Waals surface area contributed by atoms with Crippen LogP contribution in [0.2, 0.25) is 0 Å². The number of benzene rings is 1. The van der Waals surface area contributed by atoms with Crippen LogP contribution in [0.3, 0.4) is 0 Å². The molecule has 1 heterocycles. The SMILES string of the molecule is COc1cccc(C(=O)N2CCN(C(C)C)CC2)c1.O=C(O)C(=O)O. The second kappa shape index (κ2) is 9.63. The van der Waals surface area contributed by atoms with Crippen LogP contribution in [0, 0.1) is 0 Å². The summed E-state index contributed by atoms with van der Waals surface area (Å²) in [4.78, 5) is 34.9. The molecule has 1 amide bonds. The average molecular weight is 352 g/mol. The van der Waals surface area contributed by atoms with Crippen LogP contribution < -0.4 is 4.74 Å². The van der Waals surface area contributed by atoms with Gasteiger partial charge in [0.1, 0.15) is 5.75 Å². The average Bonchev–Trinajstić information content (AvgIpc) is 2.61. The van der Waals surface area contributed by atoms with Crippen LogP contribution in [0.25, 0.3) is 0 Å². The van der Waals surface area contributed by atoms with E-state index in [1.54, 1.807) is 13.2 Å². The Bertz CT molecular complexity index is 597. The van der Waals surface area contributed by atoms with Gasteiger partial charge in [0, 0.05) is 37.8 Å². The minimum absolute atomic E-state index is 0.0994. The van der Waals surface area contributed by atoms with Crippen molar-refractivity contribution in [3.05, 3.63) is 29.8 Å². The lowest BCUT2D eigenvalue weighted by Crippen LogP contribution is -2.50. The summed E-state index contributed by atoms with van der Waals surface area (Å²) in [7, 11) is 1.62. The van der Waals surface area contributed by atoms with E-state index < -0.39 is 11.9 Å². The van der Waals surface area contributed by atoms with E-state index in [1.807, 2.05) is 23.1 Å². The number of methoxy groups -OCH3 is 1. The van der Waals surface area contributed by atoms with Gasteiger partial charge in [-0.2, -0.15) is 0 Å². The van der Waals surface area contributed by atoms with E-state index in [0.29, 0.717) is 11.6 Å². The van der Waals surface area contributed by atoms with Crippen molar-refractivity contribution in [1.29, 1.82) is 0 Å². The zero-order valence-corrected chi connectivity index (χ0v) is 14.6. The van der Waals surface area contributed by atoms with E-state index in [2.05, 4.69) is 18.7 Å². The monoisotopic (exact) mass is 352 g/mol. The molecule has 1 aliphatic rings. The normalized spacial score (nSPS) is 14.5. The van der Waals surface area contributed by atoms with Gasteiger partial charge in [0.15, 0.2) is 0 Å². The third-order valence-electron chi connectivity index (χ3n) is 3.83. The smallest absolute Gasteiger partial charge is 0.414 e. The third kappa shape index (κ3) is 6.42. The molecule has 8 heteroatoms. The van der Waals surface area contributed by atoms with Crippen LogP contribution in [0.15, 0.2) is 24.3 Å². The molecular formula is C17H24N2O6. The highest BCUT2D eigenvalue weighted by atomic mass is 16.5. The van der Waals surface area contributed by atoms with Crippen molar-refractivity contribution in [2.24, 2.45) is 0 Å². The van der Waals surface area contributed by atoms with E-state index in [9.17, 15) is 4.79 Å². The predicted molar refractivity (Wildman–Crippen MR) is 90.9 cm³/mol. The van der Waals surface area contributed by atoms with Gasteiger partial charge in [0.2, 0.25) is 0 Å². The summed E-state index contributed by atoms with van der Waals surface area (Å²) in [5, 5.41) is 14.8. The summed E-state index contributed by atoms with van der Waals surface area (Å²) >= 11 is 0. The molecule has 0 atom stereocenters. The number of hydrogen-bond acceptors (Lipinski definition) is 5. The zero-order valence-electron chi connectivity index (χ0n) is 14.6. The Morgan fingerprint density at radius 1 is 1.04 bits per heavy atom. The fourth-order valence-corrected chi connectivity index (χ4v) is 2.38. The van der Waals surface area contributed by atoms with Crippen LogP contribution in [0.4, 0.5) is 0 Å². The van der Waals surface area contributed by atoms with Gasteiger partial charge in [-0.1, -0.05) is 6.07 Å². The van der Waals surface area contributed by atoms with Crippen LogP contribution in [0.1, 0.15) is 24.2 Å². The van der Waals surface area contributed by atoms with Gasteiger partial charge in [0.05, 0.1) is 7.11 Å². The standard InChI is InChI=1S/C15H22N2O2.C2H2O4/c1-12(2)16-7-9-17(10-8-16)15(18)13-5-4-6-14(11-13)19-3;3-1(4)2(5)6/h4-6,11-12H,7-10H2,1-3H3;(H,3,4)(H,5,6). The number of carboxylic acid groups (broad SMARTS) is 2. The Balaban J connectivity index is 0.000000450. The maximum atomic E-state index is 12.4. The molecule has 1 fully saturated rings. The molecule has 1 saturated heterocycles. The summed E-state index contributed by atoms with van der Waals surface area (Å²) in [6.45, 7) is 7.89. The molecule has 0 aromatic heterocycles. The van der Waals surface area contributed by atoms with Crippen molar-refractivity contribution in [3.63, 3.8) is 0 Å². The maximum Gasteiger partial charge on any atom is 0.414 e. The molecule has 0 radical (unpaired) electrons. The molecule has 1 aromatic rings. The zero-order chi connectivity index (χ0) is 19.0. The number of amides is 1. The number of hydrogen-bond donors (Lipinski definition) is 2. The Kier molecular flexibility index (Phi) is 7.87. The molecule has 0 aliphatic carbocycles. The van der Waals surface area contributed by atoms with Gasteiger partial charge < -0.3 is 19.8 Å². The van der Waals surface area contributed by atoms with Crippen molar-refractivity contribution >= 4 is 17.8 Å². The van der Waals surface area contributed by atoms with Crippen molar-refractivity contribution in [3.8, 4) is 5.75 Å². The minimum Gasteiger partial charge on any atom is -0.497 e. The summed E-state index contributed by atoms with van der Waals surface area (Å²) in [6.07, 6.45) is 0. The van der Waals surface area contributed by atoms with Gasteiger partial charge in [0.25, 0.3) is 5.91 Å². The second-order valence-electron chi connectivity index (χ2n) is 5.76. The van der Waals surface area contributed by atoms with E-state index >= 15 is 0 Å². The summed E-state index contributed by atoms with van der Waals surface area (Å²) in [5.74, 6) is -2.82. The second-order valence-corrected chi connectivity index (χ2v) is 5.76. The molecule has 2 rings (SSSR count). The van der Waals surface area contributed by atoms with Gasteiger partial charge in [-0.25, -0.2) is 9.59 Å². The Morgan fingerprint density at radius 3 is 2.04 bits per heavy atom. The summed E-state index contributed by atoms with van der Waals surface area (Å²) in [5.41, 5.74) is 0.706. The van der Waals surface area contributed by atoms with Crippen LogP contribution in [-0.2, 0) is 9.59 Å². The van der Waals surface area contributed by atoms with Gasteiger partial charge in [-0.3, -0.25) is 9.69 Å². The maximum absolute atomic E-state index is 12.4. The van der Waals surface area contributed by atoms with E-state index in [0.717, 1.165) is 31.9 Å². The number of nitrogens with zero attached hydrogens (tertiary/aromatic N) is 2. The number of rotatable bonds is 3. The Labute approximate surface area is 146 Å². The van der Waals surface area contributed by atoms with Gasteiger partial charge in [-0.05, 0) is 32.0 Å². The Morgan fingerprint density at radius 2 is 1.60 bits per heavy atom. The third-order valence-corrected chi connectivity index (χ3v) is 3.83. The number of aliphatic carboxylic acids is 2. The summed E-state index contributed by atoms with van der Waals surface area (Å²) < 4.78 is 5.16. The first kappa shape index (κ1) is 20.4. The lowest BCUT2D eigenvalue weighted by atomic mass is 10.1. The van der Waals surface area contributed by atoms with Crippen molar-refractivity contribution in [2.75, 3.05) is 33.3 Å². The number of carbonyl (C=O) groups excluding carboxylic acids is 1. The van der Waals surface area contributed by atoms with Crippen LogP contribution in [-0.4, -0.2) is 77.2 Å². The molecule has 8 nitrogen and oxygen atoms in total. The molecule has 1 aromatic carbocycles. The quantitative estimate of drug-likeness (QED) is 0.782. The molecular weight excluding hydrogens is 328 g/mol. The first-order valence-corrected chi connectivity index (χ1v) is 7.89. The topological polar surface area (TPSA) is 107 Å². The van der Waals surface area contributed by atoms with Gasteiger partial charge >= 0.3 is 11.9 Å². The molecule has 0 spiro atoms. The fourth-order valence-electron chi connectivity index (χ4n) is 2.38. The highest BCUT2D eigenvalue weighted by molar-refractivity contribution is 6.27. The number of piperazine rings is 1. The fraction of sp³-hybridized carbons (Fsp3) is 0.471. The molecule has 1 aliphatic heterocycles. The first-order valence-electron chi connectivity index (χ1n) is 7.89. The molecule has 0 unspecified atom stereocenters. The lowest BCUT2D eigenvalue weighted by Gasteiger charge is -2.37.